The number of anilines is 1. The van der Waals surface area contributed by atoms with E-state index < -0.39 is 21.7 Å². The van der Waals surface area contributed by atoms with E-state index in [4.69, 9.17) is 46.4 Å². The summed E-state index contributed by atoms with van der Waals surface area (Å²) in [7, 11) is -2.04. The fourth-order valence-corrected chi connectivity index (χ4v) is 5.64. The molecule has 1 saturated heterocycles. The van der Waals surface area contributed by atoms with Crippen LogP contribution in [0.5, 0.6) is 0 Å². The maximum atomic E-state index is 13.6. The maximum absolute atomic E-state index is 13.6. The lowest BCUT2D eigenvalue weighted by molar-refractivity contribution is 0.102. The SMILES string of the molecule is CN1CCN(S(=O)(=O)c2cc(C(=O)Nc3cc(Cl)c(F)c(Cl)c3)c(Cl)cc2Cl)CC1. The van der Waals surface area contributed by atoms with E-state index in [1.807, 2.05) is 11.9 Å². The molecule has 0 spiro atoms. The zero-order valence-corrected chi connectivity index (χ0v) is 19.4. The van der Waals surface area contributed by atoms with Crippen LogP contribution >= 0.6 is 46.4 Å². The van der Waals surface area contributed by atoms with E-state index in [0.717, 1.165) is 6.07 Å². The van der Waals surface area contributed by atoms with E-state index in [2.05, 4.69) is 5.32 Å². The number of likely N-dealkylation sites (N-methyl/N-ethyl adjacent to an activating group) is 1. The lowest BCUT2D eigenvalue weighted by Gasteiger charge is -2.31. The van der Waals surface area contributed by atoms with Crippen LogP contribution < -0.4 is 5.32 Å². The molecule has 2 aromatic carbocycles. The molecule has 1 amide bonds. The summed E-state index contributed by atoms with van der Waals surface area (Å²) in [5.74, 6) is -1.55. The largest absolute Gasteiger partial charge is 0.322 e. The number of carbonyl (C=O) groups excluding carboxylic acids is 1. The minimum atomic E-state index is -3.94. The van der Waals surface area contributed by atoms with E-state index in [-0.39, 0.29) is 36.2 Å². The molecule has 0 aromatic heterocycles. The predicted molar refractivity (Wildman–Crippen MR) is 117 cm³/mol. The molecular formula is C18H16Cl4FN3O3S. The van der Waals surface area contributed by atoms with Crippen LogP contribution in [0.4, 0.5) is 10.1 Å². The summed E-state index contributed by atoms with van der Waals surface area (Å²) in [5, 5.41) is 1.77. The van der Waals surface area contributed by atoms with Crippen LogP contribution in [-0.4, -0.2) is 56.8 Å². The molecule has 6 nitrogen and oxygen atoms in total. The highest BCUT2D eigenvalue weighted by Crippen LogP contribution is 2.32. The normalized spacial score (nSPS) is 15.9. The number of hydrogen-bond acceptors (Lipinski definition) is 4. The molecule has 0 aliphatic carbocycles. The van der Waals surface area contributed by atoms with Crippen molar-refractivity contribution in [2.75, 3.05) is 38.5 Å². The molecule has 1 fully saturated rings. The molecule has 162 valence electrons. The van der Waals surface area contributed by atoms with Gasteiger partial charge in [0.05, 0.1) is 25.7 Å². The Hall–Kier alpha value is -1.13. The number of carbonyl (C=O) groups is 1. The second-order valence-corrected chi connectivity index (χ2v) is 10.2. The number of nitrogens with one attached hydrogen (secondary N) is 1. The molecule has 0 unspecified atom stereocenters. The van der Waals surface area contributed by atoms with E-state index in [1.165, 1.54) is 22.5 Å². The van der Waals surface area contributed by atoms with Crippen LogP contribution in [0.3, 0.4) is 0 Å². The molecule has 0 atom stereocenters. The molecule has 1 aliphatic rings. The smallest absolute Gasteiger partial charge is 0.257 e. The van der Waals surface area contributed by atoms with Gasteiger partial charge in [-0.3, -0.25) is 4.79 Å². The third-order valence-corrected chi connectivity index (χ3v) is 7.81. The van der Waals surface area contributed by atoms with Crippen molar-refractivity contribution >= 4 is 68.0 Å². The molecule has 0 saturated carbocycles. The summed E-state index contributed by atoms with van der Waals surface area (Å²) in [6.07, 6.45) is 0. The number of sulfonamides is 1. The maximum Gasteiger partial charge on any atom is 0.257 e. The number of rotatable bonds is 4. The predicted octanol–water partition coefficient (Wildman–Crippen LogP) is 4.63. The Labute approximate surface area is 193 Å². The van der Waals surface area contributed by atoms with Crippen molar-refractivity contribution < 1.29 is 17.6 Å². The zero-order valence-electron chi connectivity index (χ0n) is 15.6. The van der Waals surface area contributed by atoms with Gasteiger partial charge in [0.25, 0.3) is 5.91 Å². The van der Waals surface area contributed by atoms with Gasteiger partial charge in [0, 0.05) is 31.9 Å². The lowest BCUT2D eigenvalue weighted by Crippen LogP contribution is -2.47. The lowest BCUT2D eigenvalue weighted by atomic mass is 10.2. The van der Waals surface area contributed by atoms with Crippen molar-refractivity contribution in [1.82, 2.24) is 9.21 Å². The second kappa shape index (κ2) is 9.16. The van der Waals surface area contributed by atoms with Gasteiger partial charge in [-0.2, -0.15) is 4.31 Å². The molecule has 30 heavy (non-hydrogen) atoms. The van der Waals surface area contributed by atoms with Crippen LogP contribution in [0, 0.1) is 5.82 Å². The van der Waals surface area contributed by atoms with Gasteiger partial charge in [-0.15, -0.1) is 0 Å². The van der Waals surface area contributed by atoms with E-state index in [0.29, 0.717) is 26.2 Å². The molecule has 1 N–H and O–H groups in total. The molecule has 0 bridgehead atoms. The zero-order chi connectivity index (χ0) is 22.2. The van der Waals surface area contributed by atoms with Crippen molar-refractivity contribution in [3.05, 3.63) is 55.7 Å². The van der Waals surface area contributed by atoms with E-state index in [9.17, 15) is 17.6 Å². The monoisotopic (exact) mass is 513 g/mol. The number of amides is 1. The molecule has 2 aromatic rings. The van der Waals surface area contributed by atoms with Gasteiger partial charge in [0.1, 0.15) is 4.90 Å². The van der Waals surface area contributed by atoms with Crippen LogP contribution in [0.1, 0.15) is 10.4 Å². The number of nitrogens with zero attached hydrogens (tertiary/aromatic N) is 2. The summed E-state index contributed by atoms with van der Waals surface area (Å²) < 4.78 is 41.0. The molecule has 1 heterocycles. The van der Waals surface area contributed by atoms with E-state index >= 15 is 0 Å². The summed E-state index contributed by atoms with van der Waals surface area (Å²) in [5.41, 5.74) is -0.00349. The van der Waals surface area contributed by atoms with Gasteiger partial charge >= 0.3 is 0 Å². The quantitative estimate of drug-likeness (QED) is 0.604. The van der Waals surface area contributed by atoms with Crippen molar-refractivity contribution in [3.8, 4) is 0 Å². The fourth-order valence-electron chi connectivity index (χ4n) is 2.89. The Morgan fingerprint density at radius 1 is 0.933 bits per heavy atom. The molecule has 1 aliphatic heterocycles. The van der Waals surface area contributed by atoms with Crippen LogP contribution in [0.2, 0.25) is 20.1 Å². The van der Waals surface area contributed by atoms with Crippen molar-refractivity contribution in [3.63, 3.8) is 0 Å². The fraction of sp³-hybridized carbons (Fsp3) is 0.278. The van der Waals surface area contributed by atoms with E-state index in [1.54, 1.807) is 0 Å². The number of hydrogen-bond donors (Lipinski definition) is 1. The van der Waals surface area contributed by atoms with Gasteiger partial charge in [-0.25, -0.2) is 12.8 Å². The number of benzene rings is 2. The average molecular weight is 515 g/mol. The first kappa shape index (κ1) is 23.5. The van der Waals surface area contributed by atoms with Crippen molar-refractivity contribution in [1.29, 1.82) is 0 Å². The van der Waals surface area contributed by atoms with Crippen LogP contribution in [0.15, 0.2) is 29.2 Å². The van der Waals surface area contributed by atoms with Crippen LogP contribution in [-0.2, 0) is 10.0 Å². The minimum Gasteiger partial charge on any atom is -0.322 e. The summed E-state index contributed by atoms with van der Waals surface area (Å²) in [6, 6.07) is 4.67. The van der Waals surface area contributed by atoms with Crippen molar-refractivity contribution in [2.24, 2.45) is 0 Å². The van der Waals surface area contributed by atoms with Gasteiger partial charge < -0.3 is 10.2 Å². The summed E-state index contributed by atoms with van der Waals surface area (Å²) in [6.45, 7) is 1.74. The Balaban J connectivity index is 1.94. The van der Waals surface area contributed by atoms with Gasteiger partial charge in [-0.05, 0) is 31.3 Å². The van der Waals surface area contributed by atoms with Gasteiger partial charge in [0.15, 0.2) is 5.82 Å². The Morgan fingerprint density at radius 2 is 1.50 bits per heavy atom. The second-order valence-electron chi connectivity index (χ2n) is 6.68. The Kier molecular flexibility index (Phi) is 7.18. The van der Waals surface area contributed by atoms with Gasteiger partial charge in [-0.1, -0.05) is 46.4 Å². The highest BCUT2D eigenvalue weighted by Gasteiger charge is 2.31. The number of piperazine rings is 1. The standard InChI is InChI=1S/C18H16Cl4FN3O3S/c1-25-2-4-26(5-3-25)30(28,29)16-8-11(12(19)9-13(16)20)18(27)24-10-6-14(21)17(23)15(22)7-10/h6-9H,2-5H2,1H3,(H,24,27). The third kappa shape index (κ3) is 4.85. The minimum absolute atomic E-state index is 0.0471. The highest BCUT2D eigenvalue weighted by molar-refractivity contribution is 7.89. The first-order valence-electron chi connectivity index (χ1n) is 8.64. The average Bonchev–Trinajstić information content (AvgIpc) is 2.66. The summed E-state index contributed by atoms with van der Waals surface area (Å²) >= 11 is 23.8. The van der Waals surface area contributed by atoms with Crippen LogP contribution in [0.25, 0.3) is 0 Å². The molecule has 0 radical (unpaired) electrons. The molecule has 3 rings (SSSR count). The molecular weight excluding hydrogens is 499 g/mol. The summed E-state index contributed by atoms with van der Waals surface area (Å²) in [4.78, 5) is 14.5. The Morgan fingerprint density at radius 3 is 2.07 bits per heavy atom. The third-order valence-electron chi connectivity index (χ3n) is 4.59. The molecule has 12 heteroatoms. The van der Waals surface area contributed by atoms with Gasteiger partial charge in [0.2, 0.25) is 10.0 Å². The number of halogens is 5. The Bertz CT molecular complexity index is 1080. The van der Waals surface area contributed by atoms with Crippen molar-refractivity contribution in [2.45, 2.75) is 4.90 Å². The highest BCUT2D eigenvalue weighted by atomic mass is 35.5. The first-order chi connectivity index (χ1) is 14.0. The first-order valence-corrected chi connectivity index (χ1v) is 11.6. The topological polar surface area (TPSA) is 69.7 Å².